The van der Waals surface area contributed by atoms with Gasteiger partial charge in [-0.15, -0.1) is 0 Å². The van der Waals surface area contributed by atoms with Gasteiger partial charge < -0.3 is 31.9 Å². The second-order valence-corrected chi connectivity index (χ2v) is 17.2. The average molecular weight is 697 g/mol. The smallest absolute Gasteiger partial charge is 0.315 e. The van der Waals surface area contributed by atoms with Crippen molar-refractivity contribution in [3.05, 3.63) is 18.5 Å². The van der Waals surface area contributed by atoms with E-state index in [1.807, 2.05) is 20.8 Å². The Morgan fingerprint density at radius 1 is 0.960 bits per heavy atom. The van der Waals surface area contributed by atoms with Crippen molar-refractivity contribution >= 4 is 35.4 Å². The van der Waals surface area contributed by atoms with Crippen LogP contribution in [0.2, 0.25) is 0 Å². The highest BCUT2D eigenvalue weighted by atomic mass is 16.2. The minimum Gasteiger partial charge on any atom is -0.363 e. The molecule has 3 aliphatic carbocycles. The molecule has 50 heavy (non-hydrogen) atoms. The van der Waals surface area contributed by atoms with Crippen LogP contribution >= 0.6 is 0 Å². The molecule has 1 aromatic rings. The number of Topliss-reactive ketones (excluding diaryl/α,β-unsaturated/α-hetero) is 1. The summed E-state index contributed by atoms with van der Waals surface area (Å²) in [5.41, 5.74) is 3.67. The minimum atomic E-state index is -1.09. The predicted octanol–water partition coefficient (Wildman–Crippen LogP) is 1.98. The summed E-state index contributed by atoms with van der Waals surface area (Å²) in [6, 6.07) is -1.21. The van der Waals surface area contributed by atoms with Crippen molar-refractivity contribution < 1.29 is 28.8 Å². The zero-order valence-electron chi connectivity index (χ0n) is 30.7. The predicted molar refractivity (Wildman–Crippen MR) is 185 cm³/mol. The van der Waals surface area contributed by atoms with Gasteiger partial charge in [0, 0.05) is 30.9 Å². The molecule has 4 aliphatic rings. The molecule has 276 valence electrons. The van der Waals surface area contributed by atoms with Crippen LogP contribution < -0.4 is 27.0 Å². The highest BCUT2D eigenvalue weighted by Gasteiger charge is 2.85. The molecule has 5 rings (SSSR count). The van der Waals surface area contributed by atoms with E-state index in [-0.39, 0.29) is 41.2 Å². The van der Waals surface area contributed by atoms with E-state index in [0.717, 1.165) is 38.5 Å². The Balaban J connectivity index is 1.24. The quantitative estimate of drug-likeness (QED) is 0.194. The first-order valence-corrected chi connectivity index (χ1v) is 18.0. The van der Waals surface area contributed by atoms with Crippen LogP contribution in [-0.2, 0) is 29.5 Å². The summed E-state index contributed by atoms with van der Waals surface area (Å²) in [5.74, 6) is -2.84. The maximum absolute atomic E-state index is 13.9. The highest BCUT2D eigenvalue weighted by molar-refractivity contribution is 6.37. The standard InChI is InChI=1S/C36H56N8O6/c1-32(2,3)25(19-38-30(49)33(4,5)44-16-10-15-40-44)42-31(50)39-20-26(45)43-21-36(34(6,7)35(36)13-9-14-35)18-24(43)29(48)41-23(27(46)28(37)47)17-22-11-8-12-22/h10,15-16,22-25H,8-9,11-14,17-21H2,1-7H3,(H2,37,47)(H,38,49)(H,41,48)(H2,39,42,50)/t23?,24-,25+,36+/m0/s1. The first-order valence-electron chi connectivity index (χ1n) is 18.0. The number of primary amides is 1. The second-order valence-electron chi connectivity index (χ2n) is 17.2. The molecule has 0 radical (unpaired) electrons. The topological polar surface area (TPSA) is 198 Å². The van der Waals surface area contributed by atoms with E-state index < -0.39 is 58.6 Å². The van der Waals surface area contributed by atoms with Crippen LogP contribution in [0.4, 0.5) is 4.79 Å². The molecule has 14 heteroatoms. The first kappa shape index (κ1) is 37.3. The van der Waals surface area contributed by atoms with Crippen molar-refractivity contribution in [3.63, 3.8) is 0 Å². The third-order valence-electron chi connectivity index (χ3n) is 13.0. The molecule has 4 atom stereocenters. The number of ketones is 1. The van der Waals surface area contributed by atoms with Gasteiger partial charge in [0.1, 0.15) is 11.6 Å². The highest BCUT2D eigenvalue weighted by Crippen LogP contribution is 2.88. The molecule has 2 heterocycles. The number of carbonyl (C=O) groups is 6. The van der Waals surface area contributed by atoms with E-state index in [1.165, 1.54) is 0 Å². The molecule has 14 nitrogen and oxygen atoms in total. The molecule has 0 aromatic carbocycles. The van der Waals surface area contributed by atoms with Gasteiger partial charge in [-0.25, -0.2) is 4.79 Å². The van der Waals surface area contributed by atoms with Gasteiger partial charge in [-0.05, 0) is 67.8 Å². The fourth-order valence-electron chi connectivity index (χ4n) is 8.98. The average Bonchev–Trinajstić information content (AvgIpc) is 3.49. The number of urea groups is 1. The Kier molecular flexibility index (Phi) is 9.92. The normalized spacial score (nSPS) is 24.8. The molecule has 1 aliphatic heterocycles. The Morgan fingerprint density at radius 3 is 2.14 bits per heavy atom. The zero-order chi connectivity index (χ0) is 36.9. The molecular formula is C36H56N8O6. The summed E-state index contributed by atoms with van der Waals surface area (Å²) < 4.78 is 1.57. The molecule has 6 N–H and O–H groups in total. The van der Waals surface area contributed by atoms with Gasteiger partial charge in [-0.1, -0.05) is 60.3 Å². The van der Waals surface area contributed by atoms with Crippen LogP contribution in [-0.4, -0.2) is 87.9 Å². The Hall–Kier alpha value is -3.97. The molecule has 1 saturated heterocycles. The number of nitrogens with one attached hydrogen (secondary N) is 4. The number of hydrogen-bond acceptors (Lipinski definition) is 7. The van der Waals surface area contributed by atoms with Gasteiger partial charge in [0.15, 0.2) is 0 Å². The number of hydrogen-bond donors (Lipinski definition) is 5. The van der Waals surface area contributed by atoms with E-state index in [9.17, 15) is 28.8 Å². The lowest BCUT2D eigenvalue weighted by Crippen LogP contribution is -2.57. The molecule has 0 bridgehead atoms. The Morgan fingerprint density at radius 2 is 1.64 bits per heavy atom. The van der Waals surface area contributed by atoms with Gasteiger partial charge in [0.2, 0.25) is 23.5 Å². The molecule has 1 unspecified atom stereocenters. The molecule has 1 aromatic heterocycles. The van der Waals surface area contributed by atoms with Crippen LogP contribution in [0.3, 0.4) is 0 Å². The van der Waals surface area contributed by atoms with E-state index in [0.29, 0.717) is 19.4 Å². The van der Waals surface area contributed by atoms with E-state index in [1.54, 1.807) is 41.9 Å². The second kappa shape index (κ2) is 13.3. The summed E-state index contributed by atoms with van der Waals surface area (Å²) >= 11 is 0. The lowest BCUT2D eigenvalue weighted by Gasteiger charge is -2.33. The maximum Gasteiger partial charge on any atom is 0.315 e. The Bertz CT molecular complexity index is 1510. The van der Waals surface area contributed by atoms with Crippen LogP contribution in [0.5, 0.6) is 0 Å². The molecule has 6 amide bonds. The van der Waals surface area contributed by atoms with Crippen molar-refractivity contribution in [2.45, 2.75) is 123 Å². The van der Waals surface area contributed by atoms with Crippen molar-refractivity contribution in [2.24, 2.45) is 33.3 Å². The number of amides is 6. The van der Waals surface area contributed by atoms with Crippen LogP contribution in [0.1, 0.15) is 99.8 Å². The fraction of sp³-hybridized carbons (Fsp3) is 0.750. The van der Waals surface area contributed by atoms with Crippen molar-refractivity contribution in [2.75, 3.05) is 19.6 Å². The van der Waals surface area contributed by atoms with Crippen molar-refractivity contribution in [1.29, 1.82) is 0 Å². The van der Waals surface area contributed by atoms with Gasteiger partial charge in [-0.3, -0.25) is 28.7 Å². The third-order valence-corrected chi connectivity index (χ3v) is 13.0. The number of nitrogens with two attached hydrogens (primary N) is 1. The van der Waals surface area contributed by atoms with Crippen molar-refractivity contribution in [1.82, 2.24) is 35.9 Å². The number of rotatable bonds is 13. The molecule has 2 spiro atoms. The lowest BCUT2D eigenvalue weighted by atomic mass is 9.73. The summed E-state index contributed by atoms with van der Waals surface area (Å²) in [7, 11) is 0. The number of likely N-dealkylation sites (tertiary alicyclic amines) is 1. The summed E-state index contributed by atoms with van der Waals surface area (Å²) in [6.07, 6.45) is 10.2. The Labute approximate surface area is 294 Å². The number of fused-ring (bicyclic) bond motifs is 1. The lowest BCUT2D eigenvalue weighted by molar-refractivity contribution is -0.141. The SMILES string of the molecule is CC(C)(C)[C@@H](CNC(=O)C(C)(C)n1cccn1)NC(=O)NCC(=O)N1C[C@]2(C[C@H]1C(=O)NC(CC1CCC1)C(=O)C(N)=O)C(C)(C)C21CCC1. The van der Waals surface area contributed by atoms with E-state index in [2.05, 4.69) is 40.2 Å². The monoisotopic (exact) mass is 696 g/mol. The minimum absolute atomic E-state index is 0.0447. The van der Waals surface area contributed by atoms with E-state index >= 15 is 0 Å². The van der Waals surface area contributed by atoms with Gasteiger partial charge in [-0.2, -0.15) is 5.10 Å². The molecular weight excluding hydrogens is 640 g/mol. The van der Waals surface area contributed by atoms with E-state index in [4.69, 9.17) is 5.73 Å². The third kappa shape index (κ3) is 6.50. The summed E-state index contributed by atoms with van der Waals surface area (Å²) in [5, 5.41) is 15.5. The fourth-order valence-corrected chi connectivity index (χ4v) is 8.98. The van der Waals surface area contributed by atoms with Crippen molar-refractivity contribution in [3.8, 4) is 0 Å². The first-order chi connectivity index (χ1) is 23.3. The van der Waals surface area contributed by atoms with Gasteiger partial charge in [0.25, 0.3) is 5.91 Å². The maximum atomic E-state index is 13.9. The zero-order valence-corrected chi connectivity index (χ0v) is 30.7. The molecule has 3 saturated carbocycles. The van der Waals surface area contributed by atoms with Gasteiger partial charge >= 0.3 is 6.03 Å². The molecule has 4 fully saturated rings. The summed E-state index contributed by atoms with van der Waals surface area (Å²) in [4.78, 5) is 80.3. The number of nitrogens with zero attached hydrogens (tertiary/aromatic N) is 3. The van der Waals surface area contributed by atoms with Crippen LogP contribution in [0.25, 0.3) is 0 Å². The number of aromatic nitrogens is 2. The summed E-state index contributed by atoms with van der Waals surface area (Å²) in [6.45, 7) is 13.9. The van der Waals surface area contributed by atoms with Crippen LogP contribution in [0, 0.1) is 27.6 Å². The van der Waals surface area contributed by atoms with Crippen LogP contribution in [0.15, 0.2) is 18.5 Å². The van der Waals surface area contributed by atoms with Gasteiger partial charge in [0.05, 0.1) is 18.6 Å². The number of carbonyl (C=O) groups excluding carboxylic acids is 6. The largest absolute Gasteiger partial charge is 0.363 e.